The number of morpholine rings is 1. The number of hydrazone groups is 1. The number of hydrogen-bond donors (Lipinski definition) is 0. The number of rotatable bonds is 5. The molecule has 0 unspecified atom stereocenters. The Labute approximate surface area is 154 Å². The van der Waals surface area contributed by atoms with Crippen LogP contribution in [0.1, 0.15) is 5.56 Å². The van der Waals surface area contributed by atoms with Crippen LogP contribution in [0.2, 0.25) is 0 Å². The number of benzene rings is 1. The molecule has 1 fully saturated rings. The van der Waals surface area contributed by atoms with E-state index in [1.54, 1.807) is 17.0 Å². The Bertz CT molecular complexity index is 957. The van der Waals surface area contributed by atoms with Crippen LogP contribution < -0.4 is 0 Å². The highest BCUT2D eigenvalue weighted by atomic mass is 16.6. The van der Waals surface area contributed by atoms with E-state index in [2.05, 4.69) is 10.2 Å². The molecular weight excluding hydrogens is 350 g/mol. The number of nitro groups is 1. The lowest BCUT2D eigenvalue weighted by Gasteiger charge is -2.23. The highest BCUT2D eigenvalue weighted by Gasteiger charge is 2.19. The average molecular weight is 367 g/mol. The minimum atomic E-state index is -0.570. The second-order valence-corrected chi connectivity index (χ2v) is 5.92. The summed E-state index contributed by atoms with van der Waals surface area (Å²) < 4.78 is 12.4. The number of aromatic nitrogens is 2. The molecule has 9 nitrogen and oxygen atoms in total. The molecule has 138 valence electrons. The molecule has 4 rings (SSSR count). The van der Waals surface area contributed by atoms with Gasteiger partial charge in [-0.1, -0.05) is 18.2 Å². The Morgan fingerprint density at radius 2 is 1.93 bits per heavy atom. The smallest absolute Gasteiger partial charge is 0.399 e. The van der Waals surface area contributed by atoms with E-state index in [9.17, 15) is 10.1 Å². The number of ether oxygens (including phenoxy) is 1. The standard InChI is InChI=1S/C18H17N5O4/c24-23(25)17-7-6-16(27-17)18-14(12-19-21-8-10-26-11-9-21)13-22(20-18)15-4-2-1-3-5-15/h1-7,12-13H,8-11H2. The van der Waals surface area contributed by atoms with Crippen LogP contribution >= 0.6 is 0 Å². The van der Waals surface area contributed by atoms with Crippen molar-refractivity contribution in [1.82, 2.24) is 14.8 Å². The van der Waals surface area contributed by atoms with Gasteiger partial charge in [-0.15, -0.1) is 0 Å². The highest BCUT2D eigenvalue weighted by molar-refractivity contribution is 5.87. The van der Waals surface area contributed by atoms with Crippen molar-refractivity contribution >= 4 is 12.1 Å². The third-order valence-electron chi connectivity index (χ3n) is 4.12. The van der Waals surface area contributed by atoms with Crippen molar-refractivity contribution in [3.63, 3.8) is 0 Å². The van der Waals surface area contributed by atoms with Gasteiger partial charge in [0.15, 0.2) is 5.76 Å². The van der Waals surface area contributed by atoms with Crippen molar-refractivity contribution in [2.24, 2.45) is 5.10 Å². The van der Waals surface area contributed by atoms with Crippen LogP contribution in [0.25, 0.3) is 17.1 Å². The first-order valence-electron chi connectivity index (χ1n) is 8.47. The summed E-state index contributed by atoms with van der Waals surface area (Å²) in [7, 11) is 0. The molecule has 0 N–H and O–H groups in total. The molecule has 3 heterocycles. The fourth-order valence-electron chi connectivity index (χ4n) is 2.75. The molecule has 2 aromatic heterocycles. The summed E-state index contributed by atoms with van der Waals surface area (Å²) >= 11 is 0. The molecule has 0 spiro atoms. The summed E-state index contributed by atoms with van der Waals surface area (Å²) in [6.45, 7) is 2.70. The molecular formula is C18H17N5O4. The van der Waals surface area contributed by atoms with Crippen molar-refractivity contribution in [2.45, 2.75) is 0 Å². The maximum Gasteiger partial charge on any atom is 0.433 e. The Hall–Kier alpha value is -3.46. The van der Waals surface area contributed by atoms with E-state index < -0.39 is 4.92 Å². The molecule has 9 heteroatoms. The van der Waals surface area contributed by atoms with Gasteiger partial charge in [0.05, 0.1) is 44.3 Å². The van der Waals surface area contributed by atoms with Crippen LogP contribution in [0.5, 0.6) is 0 Å². The summed E-state index contributed by atoms with van der Waals surface area (Å²) in [6, 6.07) is 12.5. The van der Waals surface area contributed by atoms with Gasteiger partial charge in [-0.3, -0.25) is 15.1 Å². The number of hydrogen-bond acceptors (Lipinski definition) is 7. The van der Waals surface area contributed by atoms with Gasteiger partial charge in [0.25, 0.3) is 0 Å². The molecule has 1 aromatic carbocycles. The van der Waals surface area contributed by atoms with Gasteiger partial charge in [-0.05, 0) is 18.2 Å². The lowest BCUT2D eigenvalue weighted by atomic mass is 10.2. The second kappa shape index (κ2) is 7.42. The SMILES string of the molecule is O=[N+]([O-])c1ccc(-c2nn(-c3ccccc3)cc2C=NN2CCOCC2)o1. The second-order valence-electron chi connectivity index (χ2n) is 5.92. The molecule has 0 atom stereocenters. The Morgan fingerprint density at radius 1 is 1.15 bits per heavy atom. The largest absolute Gasteiger partial charge is 0.433 e. The van der Waals surface area contributed by atoms with Gasteiger partial charge >= 0.3 is 5.88 Å². The summed E-state index contributed by atoms with van der Waals surface area (Å²) in [5, 5.41) is 21.9. The monoisotopic (exact) mass is 367 g/mol. The lowest BCUT2D eigenvalue weighted by Crippen LogP contribution is -2.32. The van der Waals surface area contributed by atoms with Gasteiger partial charge in [0, 0.05) is 11.8 Å². The lowest BCUT2D eigenvalue weighted by molar-refractivity contribution is -0.401. The quantitative estimate of drug-likeness (QED) is 0.391. The third-order valence-corrected chi connectivity index (χ3v) is 4.12. The molecule has 0 aliphatic carbocycles. The molecule has 3 aromatic rings. The van der Waals surface area contributed by atoms with Gasteiger partial charge in [0.1, 0.15) is 10.6 Å². The van der Waals surface area contributed by atoms with Gasteiger partial charge in [0.2, 0.25) is 0 Å². The normalized spacial score (nSPS) is 14.7. The van der Waals surface area contributed by atoms with Gasteiger partial charge in [-0.25, -0.2) is 4.68 Å². The van der Waals surface area contributed by atoms with Crippen molar-refractivity contribution in [2.75, 3.05) is 26.3 Å². The fraction of sp³-hybridized carbons (Fsp3) is 0.222. The van der Waals surface area contributed by atoms with Crippen molar-refractivity contribution in [1.29, 1.82) is 0 Å². The summed E-state index contributed by atoms with van der Waals surface area (Å²) in [5.74, 6) is -0.00450. The van der Waals surface area contributed by atoms with Crippen molar-refractivity contribution < 1.29 is 14.1 Å². The maximum atomic E-state index is 10.9. The van der Waals surface area contributed by atoms with Gasteiger partial charge < -0.3 is 9.15 Å². The zero-order valence-corrected chi connectivity index (χ0v) is 14.4. The molecule has 0 amide bonds. The first-order valence-corrected chi connectivity index (χ1v) is 8.47. The number of furan rings is 1. The predicted octanol–water partition coefficient (Wildman–Crippen LogP) is 2.71. The van der Waals surface area contributed by atoms with E-state index in [1.165, 1.54) is 6.07 Å². The van der Waals surface area contributed by atoms with Crippen molar-refractivity contribution in [3.05, 3.63) is 64.3 Å². The first kappa shape index (κ1) is 17.0. The average Bonchev–Trinajstić information content (AvgIpc) is 3.35. The Kier molecular flexibility index (Phi) is 4.67. The molecule has 0 radical (unpaired) electrons. The van der Waals surface area contributed by atoms with Crippen molar-refractivity contribution in [3.8, 4) is 17.1 Å². The number of para-hydroxylation sites is 1. The molecule has 1 aliphatic rings. The maximum absolute atomic E-state index is 10.9. The van der Waals surface area contributed by atoms with E-state index in [0.717, 1.165) is 5.69 Å². The van der Waals surface area contributed by atoms with Gasteiger partial charge in [-0.2, -0.15) is 10.2 Å². The minimum Gasteiger partial charge on any atom is -0.399 e. The van der Waals surface area contributed by atoms with E-state index >= 15 is 0 Å². The summed E-state index contributed by atoms with van der Waals surface area (Å²) in [4.78, 5) is 10.4. The van der Waals surface area contributed by atoms with Crippen LogP contribution in [0.3, 0.4) is 0 Å². The van der Waals surface area contributed by atoms with Crippen LogP contribution in [0.15, 0.2) is 58.2 Å². The predicted molar refractivity (Wildman–Crippen MR) is 97.9 cm³/mol. The molecule has 1 aliphatic heterocycles. The molecule has 27 heavy (non-hydrogen) atoms. The summed E-state index contributed by atoms with van der Waals surface area (Å²) in [5.41, 5.74) is 2.06. The number of nitrogens with zero attached hydrogens (tertiary/aromatic N) is 5. The van der Waals surface area contributed by atoms with E-state index in [-0.39, 0.29) is 5.88 Å². The topological polar surface area (TPSA) is 98.9 Å². The Morgan fingerprint density at radius 3 is 2.63 bits per heavy atom. The van der Waals surface area contributed by atoms with E-state index in [0.29, 0.717) is 43.3 Å². The van der Waals surface area contributed by atoms with Crippen LogP contribution in [-0.4, -0.2) is 52.2 Å². The van der Waals surface area contributed by atoms with E-state index in [4.69, 9.17) is 9.15 Å². The molecule has 1 saturated heterocycles. The van der Waals surface area contributed by atoms with E-state index in [1.807, 2.05) is 41.5 Å². The summed E-state index contributed by atoms with van der Waals surface area (Å²) in [6.07, 6.45) is 3.52. The zero-order valence-electron chi connectivity index (χ0n) is 14.4. The van der Waals surface area contributed by atoms with Crippen LogP contribution in [0.4, 0.5) is 5.88 Å². The van der Waals surface area contributed by atoms with Crippen LogP contribution in [-0.2, 0) is 4.74 Å². The third kappa shape index (κ3) is 3.72. The highest BCUT2D eigenvalue weighted by Crippen LogP contribution is 2.28. The minimum absolute atomic E-state index is 0.319. The molecule has 0 saturated carbocycles. The first-order chi connectivity index (χ1) is 13.2. The van der Waals surface area contributed by atoms with Crippen LogP contribution in [0, 0.1) is 10.1 Å². The molecule has 0 bridgehead atoms. The fourth-order valence-corrected chi connectivity index (χ4v) is 2.75. The zero-order chi connectivity index (χ0) is 18.6. The Balaban J connectivity index is 1.71.